The summed E-state index contributed by atoms with van der Waals surface area (Å²) >= 11 is 0. The number of H-pyrrole nitrogens is 1. The smallest absolute Gasteiger partial charge is 0.233 e. The number of nitrogens with zero attached hydrogens (tertiary/aromatic N) is 1. The van der Waals surface area contributed by atoms with E-state index in [4.69, 9.17) is 0 Å². The summed E-state index contributed by atoms with van der Waals surface area (Å²) in [5, 5.41) is 6.68. The highest BCUT2D eigenvalue weighted by molar-refractivity contribution is 7.92. The molecule has 1 aromatic heterocycles. The number of rotatable bonds is 6. The normalized spacial score (nSPS) is 11.6. The third-order valence-corrected chi connectivity index (χ3v) is 3.35. The summed E-state index contributed by atoms with van der Waals surface area (Å²) in [6.07, 6.45) is 2.48. The molecule has 0 aliphatic carbocycles. The number of aromatic amines is 1. The second-order valence-electron chi connectivity index (χ2n) is 3.45. The molecule has 15 heavy (non-hydrogen) atoms. The summed E-state index contributed by atoms with van der Waals surface area (Å²) in [7, 11) is -3.22. The van der Waals surface area contributed by atoms with E-state index in [0.29, 0.717) is 12.2 Å². The Balaban J connectivity index is 2.64. The summed E-state index contributed by atoms with van der Waals surface area (Å²) < 4.78 is 25.2. The van der Waals surface area contributed by atoms with Crippen molar-refractivity contribution in [2.45, 2.75) is 33.1 Å². The maximum Gasteiger partial charge on any atom is 0.233 e. The van der Waals surface area contributed by atoms with Gasteiger partial charge in [-0.2, -0.15) is 5.10 Å². The van der Waals surface area contributed by atoms with Gasteiger partial charge in [0.05, 0.1) is 5.75 Å². The molecule has 6 heteroatoms. The number of hydrogen-bond donors (Lipinski definition) is 2. The molecule has 1 heterocycles. The van der Waals surface area contributed by atoms with E-state index in [-0.39, 0.29) is 5.75 Å². The SMILES string of the molecule is CCCc1cc(NS(=O)(=O)CCC)n[nH]1. The summed E-state index contributed by atoms with van der Waals surface area (Å²) in [5.74, 6) is 0.509. The van der Waals surface area contributed by atoms with E-state index in [1.54, 1.807) is 6.07 Å². The molecule has 0 aromatic carbocycles. The Hall–Kier alpha value is -1.04. The minimum absolute atomic E-state index is 0.128. The Bertz CT molecular complexity index is 397. The topological polar surface area (TPSA) is 74.8 Å². The molecule has 0 spiro atoms. The van der Waals surface area contributed by atoms with E-state index in [9.17, 15) is 8.42 Å². The summed E-state index contributed by atoms with van der Waals surface area (Å²) in [6.45, 7) is 3.88. The second-order valence-corrected chi connectivity index (χ2v) is 5.29. The monoisotopic (exact) mass is 231 g/mol. The predicted molar refractivity (Wildman–Crippen MR) is 60.3 cm³/mol. The van der Waals surface area contributed by atoms with Crippen LogP contribution in [-0.4, -0.2) is 24.4 Å². The van der Waals surface area contributed by atoms with Gasteiger partial charge < -0.3 is 0 Å². The Morgan fingerprint density at radius 2 is 2.13 bits per heavy atom. The van der Waals surface area contributed by atoms with Crippen molar-refractivity contribution in [1.82, 2.24) is 10.2 Å². The number of aromatic nitrogens is 2. The quantitative estimate of drug-likeness (QED) is 0.779. The van der Waals surface area contributed by atoms with Crippen molar-refractivity contribution in [2.75, 3.05) is 10.5 Å². The fourth-order valence-electron chi connectivity index (χ4n) is 1.29. The lowest BCUT2D eigenvalue weighted by molar-refractivity contribution is 0.599. The molecular formula is C9H17N3O2S. The van der Waals surface area contributed by atoms with Crippen LogP contribution in [0.1, 0.15) is 32.4 Å². The van der Waals surface area contributed by atoms with Crippen molar-refractivity contribution < 1.29 is 8.42 Å². The lowest BCUT2D eigenvalue weighted by atomic mass is 10.2. The van der Waals surface area contributed by atoms with E-state index in [2.05, 4.69) is 21.8 Å². The van der Waals surface area contributed by atoms with Crippen LogP contribution in [0.2, 0.25) is 0 Å². The summed E-state index contributed by atoms with van der Waals surface area (Å²) in [5.41, 5.74) is 0.951. The number of nitrogens with one attached hydrogen (secondary N) is 2. The molecule has 1 rings (SSSR count). The lowest BCUT2D eigenvalue weighted by Gasteiger charge is -2.01. The van der Waals surface area contributed by atoms with Gasteiger partial charge in [0.25, 0.3) is 0 Å². The number of sulfonamides is 1. The summed E-state index contributed by atoms with van der Waals surface area (Å²) in [4.78, 5) is 0. The van der Waals surface area contributed by atoms with Crippen LogP contribution in [0.15, 0.2) is 6.07 Å². The largest absolute Gasteiger partial charge is 0.280 e. The number of anilines is 1. The Morgan fingerprint density at radius 1 is 1.40 bits per heavy atom. The molecule has 0 atom stereocenters. The maximum absolute atomic E-state index is 11.4. The van der Waals surface area contributed by atoms with Gasteiger partial charge in [0.2, 0.25) is 10.0 Å². The molecule has 2 N–H and O–H groups in total. The van der Waals surface area contributed by atoms with Gasteiger partial charge in [-0.3, -0.25) is 9.82 Å². The minimum Gasteiger partial charge on any atom is -0.280 e. The first-order valence-corrected chi connectivity index (χ1v) is 6.77. The van der Waals surface area contributed by atoms with Crippen molar-refractivity contribution in [3.8, 4) is 0 Å². The van der Waals surface area contributed by atoms with Crippen LogP contribution < -0.4 is 4.72 Å². The van der Waals surface area contributed by atoms with Gasteiger partial charge in [0, 0.05) is 11.8 Å². The average Bonchev–Trinajstić information content (AvgIpc) is 2.52. The van der Waals surface area contributed by atoms with Crippen LogP contribution in [-0.2, 0) is 16.4 Å². The Morgan fingerprint density at radius 3 is 2.73 bits per heavy atom. The maximum atomic E-state index is 11.4. The first-order valence-electron chi connectivity index (χ1n) is 5.12. The highest BCUT2D eigenvalue weighted by Gasteiger charge is 2.10. The van der Waals surface area contributed by atoms with Crippen LogP contribution in [0, 0.1) is 0 Å². The molecule has 1 aromatic rings. The molecule has 0 amide bonds. The molecule has 0 aliphatic rings. The van der Waals surface area contributed by atoms with Gasteiger partial charge in [-0.1, -0.05) is 20.3 Å². The molecule has 0 radical (unpaired) electrons. The molecule has 0 fully saturated rings. The van der Waals surface area contributed by atoms with Crippen molar-refractivity contribution in [3.63, 3.8) is 0 Å². The van der Waals surface area contributed by atoms with Crippen LogP contribution in [0.25, 0.3) is 0 Å². The molecule has 0 aliphatic heterocycles. The van der Waals surface area contributed by atoms with Crippen LogP contribution >= 0.6 is 0 Å². The summed E-state index contributed by atoms with van der Waals surface area (Å²) in [6, 6.07) is 1.73. The van der Waals surface area contributed by atoms with Gasteiger partial charge in [0.1, 0.15) is 0 Å². The first-order chi connectivity index (χ1) is 7.07. The second kappa shape index (κ2) is 5.16. The Kier molecular flexibility index (Phi) is 4.14. The molecule has 0 unspecified atom stereocenters. The highest BCUT2D eigenvalue weighted by atomic mass is 32.2. The molecular weight excluding hydrogens is 214 g/mol. The number of aryl methyl sites for hydroxylation is 1. The van der Waals surface area contributed by atoms with E-state index in [1.807, 2.05) is 6.92 Å². The van der Waals surface area contributed by atoms with Gasteiger partial charge in [-0.25, -0.2) is 8.42 Å². The Labute approximate surface area is 90.3 Å². The van der Waals surface area contributed by atoms with Gasteiger partial charge in [-0.15, -0.1) is 0 Å². The fraction of sp³-hybridized carbons (Fsp3) is 0.667. The molecule has 0 saturated carbocycles. The van der Waals surface area contributed by atoms with Crippen molar-refractivity contribution >= 4 is 15.8 Å². The van der Waals surface area contributed by atoms with Gasteiger partial charge in [-0.05, 0) is 12.8 Å². The zero-order chi connectivity index (χ0) is 11.3. The third kappa shape index (κ3) is 3.91. The van der Waals surface area contributed by atoms with Crippen LogP contribution in [0.3, 0.4) is 0 Å². The van der Waals surface area contributed by atoms with E-state index in [0.717, 1.165) is 18.5 Å². The molecule has 5 nitrogen and oxygen atoms in total. The molecule has 86 valence electrons. The predicted octanol–water partition coefficient (Wildman–Crippen LogP) is 1.51. The average molecular weight is 231 g/mol. The van der Waals surface area contributed by atoms with E-state index < -0.39 is 10.0 Å². The highest BCUT2D eigenvalue weighted by Crippen LogP contribution is 2.09. The van der Waals surface area contributed by atoms with E-state index >= 15 is 0 Å². The zero-order valence-corrected chi connectivity index (χ0v) is 9.89. The fourth-order valence-corrected chi connectivity index (χ4v) is 2.35. The van der Waals surface area contributed by atoms with Crippen LogP contribution in [0.5, 0.6) is 0 Å². The zero-order valence-electron chi connectivity index (χ0n) is 9.08. The number of hydrogen-bond acceptors (Lipinski definition) is 3. The van der Waals surface area contributed by atoms with Crippen molar-refractivity contribution in [2.24, 2.45) is 0 Å². The van der Waals surface area contributed by atoms with Gasteiger partial charge >= 0.3 is 0 Å². The molecule has 0 saturated heterocycles. The first kappa shape index (κ1) is 12.0. The van der Waals surface area contributed by atoms with Gasteiger partial charge in [0.15, 0.2) is 5.82 Å². The van der Waals surface area contributed by atoms with Crippen LogP contribution in [0.4, 0.5) is 5.82 Å². The lowest BCUT2D eigenvalue weighted by Crippen LogP contribution is -2.16. The van der Waals surface area contributed by atoms with Crippen molar-refractivity contribution in [3.05, 3.63) is 11.8 Å². The molecule has 0 bridgehead atoms. The minimum atomic E-state index is -3.22. The third-order valence-electron chi connectivity index (χ3n) is 1.88. The standard InChI is InChI=1S/C9H17N3O2S/c1-3-5-8-7-9(11-10-8)12-15(13,14)6-4-2/h7H,3-6H2,1-2H3,(H2,10,11,12). The van der Waals surface area contributed by atoms with E-state index in [1.165, 1.54) is 0 Å². The van der Waals surface area contributed by atoms with Crippen molar-refractivity contribution in [1.29, 1.82) is 0 Å².